The quantitative estimate of drug-likeness (QED) is 0.0161. The van der Waals surface area contributed by atoms with Crippen molar-refractivity contribution in [1.29, 1.82) is 0 Å². The van der Waals surface area contributed by atoms with E-state index in [9.17, 15) is 19.0 Å². The number of amides is 1. The van der Waals surface area contributed by atoms with E-state index in [1.165, 1.54) is 218 Å². The topological polar surface area (TPSA) is 114 Å². The lowest BCUT2D eigenvalue weighted by atomic mass is 10.0. The summed E-state index contributed by atoms with van der Waals surface area (Å²) in [5, 5.41) is 3.03. The summed E-state index contributed by atoms with van der Waals surface area (Å²) in [6.45, 7) is 6.75. The van der Waals surface area contributed by atoms with Crippen LogP contribution >= 0.6 is 7.82 Å². The van der Waals surface area contributed by atoms with Crippen molar-refractivity contribution in [1.82, 2.24) is 5.32 Å². The maximum Gasteiger partial charge on any atom is 0.306 e. The van der Waals surface area contributed by atoms with Crippen LogP contribution in [0.4, 0.5) is 0 Å². The van der Waals surface area contributed by atoms with Crippen LogP contribution in [0, 0.1) is 0 Å². The fraction of sp³-hybridized carbons (Fsp3) is 0.855. The SMILES string of the molecule is CC/C=C/C=C/C=C/CCCCCCCCCC(=O)NC(COP(=O)([O-])OCC[N+](C)(C)C)C(/C=C\CCCCCCCCCCCCC)OC(=O)CCCCCCCCCCCCCCCCCCCCCCCCCCC. The smallest absolute Gasteiger partial charge is 0.306 e. The fourth-order valence-corrected chi connectivity index (χ4v) is 10.8. The number of phosphoric ester groups is 1. The molecule has 10 heteroatoms. The van der Waals surface area contributed by atoms with E-state index in [1.54, 1.807) is 0 Å². The van der Waals surface area contributed by atoms with Crippen molar-refractivity contribution in [2.24, 2.45) is 0 Å². The van der Waals surface area contributed by atoms with Crippen LogP contribution in [0.2, 0.25) is 0 Å². The van der Waals surface area contributed by atoms with Crippen LogP contribution in [0.15, 0.2) is 48.6 Å². The van der Waals surface area contributed by atoms with Gasteiger partial charge in [0.05, 0.1) is 33.8 Å². The van der Waals surface area contributed by atoms with Gasteiger partial charge in [-0.1, -0.05) is 314 Å². The molecule has 0 saturated carbocycles. The Labute approximate surface area is 490 Å². The highest BCUT2D eigenvalue weighted by molar-refractivity contribution is 7.45. The van der Waals surface area contributed by atoms with E-state index in [4.69, 9.17) is 13.8 Å². The summed E-state index contributed by atoms with van der Waals surface area (Å²) in [6.07, 6.45) is 73.8. The molecule has 0 rings (SSSR count). The number of unbranched alkanes of at least 4 members (excludes halogenated alkanes) is 42. The molecular formula is C69H131N2O7P. The minimum absolute atomic E-state index is 0.0238. The molecule has 9 nitrogen and oxygen atoms in total. The van der Waals surface area contributed by atoms with Crippen LogP contribution < -0.4 is 10.2 Å². The van der Waals surface area contributed by atoms with Gasteiger partial charge in [0.15, 0.2) is 0 Å². The third-order valence-corrected chi connectivity index (χ3v) is 16.3. The molecule has 0 fully saturated rings. The van der Waals surface area contributed by atoms with Crippen molar-refractivity contribution in [3.8, 4) is 0 Å². The number of carbonyl (C=O) groups excluding carboxylic acids is 2. The van der Waals surface area contributed by atoms with Gasteiger partial charge in [-0.3, -0.25) is 14.2 Å². The average Bonchev–Trinajstić information content (AvgIpc) is 3.41. The predicted octanol–water partition coefficient (Wildman–Crippen LogP) is 20.6. The maximum absolute atomic E-state index is 13.5. The molecule has 79 heavy (non-hydrogen) atoms. The minimum Gasteiger partial charge on any atom is -0.756 e. The molecular weight excluding hydrogens is 1000 g/mol. The first-order chi connectivity index (χ1) is 38.4. The number of likely N-dealkylation sites (N-methyl/N-ethyl adjacent to an activating group) is 1. The molecule has 0 aromatic carbocycles. The third kappa shape index (κ3) is 60.4. The number of allylic oxidation sites excluding steroid dienone is 7. The second kappa shape index (κ2) is 59.1. The van der Waals surface area contributed by atoms with Crippen LogP contribution in [0.5, 0.6) is 0 Å². The summed E-state index contributed by atoms with van der Waals surface area (Å²) in [5.74, 6) is -0.541. The molecule has 0 aromatic rings. The lowest BCUT2D eigenvalue weighted by molar-refractivity contribution is -0.870. The molecule has 1 N–H and O–H groups in total. The highest BCUT2D eigenvalue weighted by Crippen LogP contribution is 2.38. The van der Waals surface area contributed by atoms with Gasteiger partial charge >= 0.3 is 5.97 Å². The molecule has 0 aliphatic rings. The zero-order chi connectivity index (χ0) is 57.9. The Hall–Kier alpha value is -2.03. The van der Waals surface area contributed by atoms with Crippen molar-refractivity contribution >= 4 is 19.7 Å². The molecule has 0 aromatic heterocycles. The number of nitrogens with zero attached hydrogens (tertiary/aromatic N) is 1. The molecule has 0 aliphatic heterocycles. The van der Waals surface area contributed by atoms with Gasteiger partial charge in [0.2, 0.25) is 5.91 Å². The normalized spacial score (nSPS) is 13.9. The lowest BCUT2D eigenvalue weighted by Crippen LogP contribution is -2.47. The van der Waals surface area contributed by atoms with Gasteiger partial charge in [-0.25, -0.2) is 0 Å². The molecule has 0 bridgehead atoms. The van der Waals surface area contributed by atoms with E-state index in [0.717, 1.165) is 77.0 Å². The van der Waals surface area contributed by atoms with Gasteiger partial charge in [0, 0.05) is 12.8 Å². The van der Waals surface area contributed by atoms with E-state index in [2.05, 4.69) is 62.5 Å². The summed E-state index contributed by atoms with van der Waals surface area (Å²) in [7, 11) is 1.19. The monoisotopic (exact) mass is 1130 g/mol. The van der Waals surface area contributed by atoms with Gasteiger partial charge in [0.1, 0.15) is 19.3 Å². The summed E-state index contributed by atoms with van der Waals surface area (Å²) >= 11 is 0. The van der Waals surface area contributed by atoms with Crippen molar-refractivity contribution in [3.05, 3.63) is 48.6 Å². The number of hydrogen-bond acceptors (Lipinski definition) is 7. The Balaban J connectivity index is 5.07. The van der Waals surface area contributed by atoms with E-state index < -0.39 is 26.6 Å². The van der Waals surface area contributed by atoms with E-state index >= 15 is 0 Å². The zero-order valence-electron chi connectivity index (χ0n) is 53.1. The molecule has 0 heterocycles. The van der Waals surface area contributed by atoms with Gasteiger partial charge in [-0.15, -0.1) is 0 Å². The molecule has 464 valence electrons. The number of ether oxygens (including phenoxy) is 1. The van der Waals surface area contributed by atoms with E-state index in [1.807, 2.05) is 33.3 Å². The van der Waals surface area contributed by atoms with Crippen molar-refractivity contribution in [2.75, 3.05) is 40.9 Å². The number of nitrogens with one attached hydrogen (secondary N) is 1. The second-order valence-electron chi connectivity index (χ2n) is 24.4. The zero-order valence-corrected chi connectivity index (χ0v) is 54.0. The van der Waals surface area contributed by atoms with Crippen LogP contribution in [0.25, 0.3) is 0 Å². The number of hydrogen-bond donors (Lipinski definition) is 1. The van der Waals surface area contributed by atoms with Crippen LogP contribution in [-0.4, -0.2) is 69.4 Å². The maximum atomic E-state index is 13.5. The molecule has 0 radical (unpaired) electrons. The third-order valence-electron chi connectivity index (χ3n) is 15.3. The molecule has 0 spiro atoms. The van der Waals surface area contributed by atoms with Crippen LogP contribution in [-0.2, 0) is 27.9 Å². The molecule has 1 amide bonds. The van der Waals surface area contributed by atoms with Crippen molar-refractivity contribution in [2.45, 2.75) is 341 Å². The van der Waals surface area contributed by atoms with Gasteiger partial charge in [-0.2, -0.15) is 0 Å². The Morgan fingerprint density at radius 1 is 0.456 bits per heavy atom. The van der Waals surface area contributed by atoms with Gasteiger partial charge in [-0.05, 0) is 51.0 Å². The molecule has 0 saturated heterocycles. The van der Waals surface area contributed by atoms with E-state index in [0.29, 0.717) is 17.4 Å². The Kier molecular flexibility index (Phi) is 57.6. The highest BCUT2D eigenvalue weighted by Gasteiger charge is 2.27. The number of phosphoric acid groups is 1. The van der Waals surface area contributed by atoms with Crippen molar-refractivity contribution in [3.63, 3.8) is 0 Å². The van der Waals surface area contributed by atoms with E-state index in [-0.39, 0.29) is 24.9 Å². The molecule has 0 aliphatic carbocycles. The van der Waals surface area contributed by atoms with Gasteiger partial charge in [0.25, 0.3) is 7.82 Å². The fourth-order valence-electron chi connectivity index (χ4n) is 10.1. The summed E-state index contributed by atoms with van der Waals surface area (Å²) in [4.78, 5) is 40.1. The Morgan fingerprint density at radius 3 is 1.20 bits per heavy atom. The largest absolute Gasteiger partial charge is 0.756 e. The summed E-state index contributed by atoms with van der Waals surface area (Å²) in [5.41, 5.74) is 0. The Morgan fingerprint density at radius 2 is 0.810 bits per heavy atom. The summed E-state index contributed by atoms with van der Waals surface area (Å²) < 4.78 is 30.4. The Bertz CT molecular complexity index is 1490. The number of carbonyl (C=O) groups is 2. The van der Waals surface area contributed by atoms with Crippen LogP contribution in [0.1, 0.15) is 329 Å². The number of rotatable bonds is 62. The predicted molar refractivity (Wildman–Crippen MR) is 339 cm³/mol. The van der Waals surface area contributed by atoms with Crippen molar-refractivity contribution < 1.29 is 37.3 Å². The first-order valence-corrected chi connectivity index (χ1v) is 35.4. The van der Waals surface area contributed by atoms with Gasteiger partial charge < -0.3 is 28.5 Å². The second-order valence-corrected chi connectivity index (χ2v) is 25.8. The highest BCUT2D eigenvalue weighted by atomic mass is 31.2. The number of esters is 1. The first-order valence-electron chi connectivity index (χ1n) is 34.0. The molecule has 3 unspecified atom stereocenters. The first kappa shape index (κ1) is 77.0. The lowest BCUT2D eigenvalue weighted by Gasteiger charge is -2.30. The number of quaternary nitrogens is 1. The average molecular weight is 1130 g/mol. The summed E-state index contributed by atoms with van der Waals surface area (Å²) in [6, 6.07) is -0.893. The minimum atomic E-state index is -4.70. The van der Waals surface area contributed by atoms with Crippen LogP contribution in [0.3, 0.4) is 0 Å². The standard InChI is InChI=1S/C69H131N2O7P/c1-7-10-13-16-19-22-25-28-30-31-32-33-34-35-36-37-38-39-41-44-47-50-53-56-59-62-69(73)78-67(60-57-54-51-48-45-42-27-24-21-18-15-12-9-3)66(65-77-79(74,75)76-64-63-71(4,5)6)70-68(72)61-58-55-52-49-46-43-40-29-26-23-20-17-14-11-8-2/h11,14,17,20,23,26,57,60,66-67H,7-10,12-13,15-16,18-19,21-22,24-25,27-56,58-59,61-65H2,1-6H3,(H-,70,72,74,75)/b14-11+,20-17+,26-23+,60-57-. The molecule has 3 atom stereocenters.